The maximum atomic E-state index is 12.8. The van der Waals surface area contributed by atoms with Crippen molar-refractivity contribution in [1.29, 1.82) is 0 Å². The highest BCUT2D eigenvalue weighted by molar-refractivity contribution is 5.71. The van der Waals surface area contributed by atoms with Crippen molar-refractivity contribution in [2.45, 2.75) is 310 Å². The number of carbonyl (C=O) groups excluding carboxylic acids is 3. The second-order valence-corrected chi connectivity index (χ2v) is 19.0. The van der Waals surface area contributed by atoms with Crippen molar-refractivity contribution in [2.75, 3.05) is 13.2 Å². The number of hydrogen-bond acceptors (Lipinski definition) is 6. The Kier molecular flexibility index (Phi) is 47.2. The smallest absolute Gasteiger partial charge is 0.306 e. The van der Waals surface area contributed by atoms with Crippen LogP contribution in [0.2, 0.25) is 0 Å². The Morgan fingerprint density at radius 3 is 0.817 bits per heavy atom. The van der Waals surface area contributed by atoms with Gasteiger partial charge in [-0.15, -0.1) is 0 Å². The van der Waals surface area contributed by atoms with Crippen LogP contribution in [0.25, 0.3) is 0 Å². The summed E-state index contributed by atoms with van der Waals surface area (Å²) < 4.78 is 16.8. The molecule has 0 aromatic heterocycles. The summed E-state index contributed by atoms with van der Waals surface area (Å²) in [5.41, 5.74) is 0. The molecule has 60 heavy (non-hydrogen) atoms. The van der Waals surface area contributed by atoms with Crippen LogP contribution in [0.4, 0.5) is 0 Å². The maximum absolute atomic E-state index is 12.8. The molecule has 0 fully saturated rings. The second-order valence-electron chi connectivity index (χ2n) is 19.0. The Labute approximate surface area is 374 Å². The minimum Gasteiger partial charge on any atom is -0.462 e. The van der Waals surface area contributed by atoms with Crippen LogP contribution < -0.4 is 0 Å². The van der Waals surface area contributed by atoms with Gasteiger partial charge in [-0.3, -0.25) is 14.4 Å². The average Bonchev–Trinajstić information content (AvgIpc) is 3.23. The first-order chi connectivity index (χ1) is 29.4. The van der Waals surface area contributed by atoms with E-state index in [0.29, 0.717) is 19.3 Å². The third kappa shape index (κ3) is 47.5. The molecule has 0 radical (unpaired) electrons. The summed E-state index contributed by atoms with van der Waals surface area (Å²) in [6.45, 7) is 9.03. The van der Waals surface area contributed by atoms with Crippen molar-refractivity contribution < 1.29 is 28.6 Å². The average molecular weight is 849 g/mol. The predicted octanol–water partition coefficient (Wildman–Crippen LogP) is 17.5. The second kappa shape index (κ2) is 48.4. The van der Waals surface area contributed by atoms with Gasteiger partial charge in [0.25, 0.3) is 0 Å². The lowest BCUT2D eigenvalue weighted by atomic mass is 10.0. The maximum Gasteiger partial charge on any atom is 0.306 e. The van der Waals surface area contributed by atoms with Crippen molar-refractivity contribution in [1.82, 2.24) is 0 Å². The molecule has 356 valence electrons. The molecule has 0 heterocycles. The fraction of sp³-hybridized carbons (Fsp3) is 0.944. The van der Waals surface area contributed by atoms with Crippen molar-refractivity contribution >= 4 is 17.9 Å². The Balaban J connectivity index is 4.24. The Morgan fingerprint density at radius 1 is 0.317 bits per heavy atom. The monoisotopic (exact) mass is 849 g/mol. The molecule has 0 aromatic carbocycles. The summed E-state index contributed by atoms with van der Waals surface area (Å²) in [7, 11) is 0. The van der Waals surface area contributed by atoms with Crippen LogP contribution in [0.5, 0.6) is 0 Å². The molecule has 1 atom stereocenters. The van der Waals surface area contributed by atoms with Gasteiger partial charge in [-0.1, -0.05) is 265 Å². The minimum absolute atomic E-state index is 0.0625. The third-order valence-electron chi connectivity index (χ3n) is 12.3. The zero-order valence-corrected chi connectivity index (χ0v) is 40.9. The molecule has 0 aromatic rings. The van der Waals surface area contributed by atoms with Crippen LogP contribution in [0, 0.1) is 5.92 Å². The molecule has 6 nitrogen and oxygen atoms in total. The number of ether oxygens (including phenoxy) is 3. The summed E-state index contributed by atoms with van der Waals surface area (Å²) in [6, 6.07) is 0. The van der Waals surface area contributed by atoms with Crippen LogP contribution in [0.1, 0.15) is 304 Å². The lowest BCUT2D eigenvalue weighted by molar-refractivity contribution is -0.167. The molecular weight excluding hydrogens is 745 g/mol. The van der Waals surface area contributed by atoms with E-state index in [0.717, 1.165) is 63.7 Å². The zero-order chi connectivity index (χ0) is 43.8. The highest BCUT2D eigenvalue weighted by atomic mass is 16.6. The molecule has 6 heteroatoms. The minimum atomic E-state index is -0.760. The summed E-state index contributed by atoms with van der Waals surface area (Å²) >= 11 is 0. The Morgan fingerprint density at radius 2 is 0.550 bits per heavy atom. The van der Waals surface area contributed by atoms with E-state index in [4.69, 9.17) is 14.2 Å². The summed E-state index contributed by atoms with van der Waals surface area (Å²) in [5, 5.41) is 0. The highest BCUT2D eigenvalue weighted by Crippen LogP contribution is 2.17. The molecule has 0 spiro atoms. The first-order valence-electron chi connectivity index (χ1n) is 26.9. The van der Waals surface area contributed by atoms with Crippen molar-refractivity contribution in [3.63, 3.8) is 0 Å². The van der Waals surface area contributed by atoms with Crippen LogP contribution in [-0.4, -0.2) is 37.2 Å². The first-order valence-corrected chi connectivity index (χ1v) is 26.9. The SMILES string of the molecule is CCCCCCCCCCCCCCCCCCC(=O)O[C@@H](COC(=O)CCCCCCCCCCC)COC(=O)CCCCCCCCCCCCCCCCC(C)C. The van der Waals surface area contributed by atoms with Crippen molar-refractivity contribution in [3.05, 3.63) is 0 Å². The molecular formula is C54H104O6. The Bertz CT molecular complexity index is 903. The van der Waals surface area contributed by atoms with Gasteiger partial charge >= 0.3 is 17.9 Å². The highest BCUT2D eigenvalue weighted by Gasteiger charge is 2.19. The predicted molar refractivity (Wildman–Crippen MR) is 257 cm³/mol. The van der Waals surface area contributed by atoms with E-state index in [1.807, 2.05) is 0 Å². The van der Waals surface area contributed by atoms with Crippen molar-refractivity contribution in [3.8, 4) is 0 Å². The van der Waals surface area contributed by atoms with E-state index < -0.39 is 6.10 Å². The normalized spacial score (nSPS) is 11.9. The van der Waals surface area contributed by atoms with Gasteiger partial charge in [-0.25, -0.2) is 0 Å². The van der Waals surface area contributed by atoms with E-state index in [9.17, 15) is 14.4 Å². The lowest BCUT2D eigenvalue weighted by Crippen LogP contribution is -2.30. The quantitative estimate of drug-likeness (QED) is 0.0345. The number of rotatable bonds is 49. The molecule has 0 saturated heterocycles. The number of esters is 3. The van der Waals surface area contributed by atoms with Crippen LogP contribution in [0.15, 0.2) is 0 Å². The van der Waals surface area contributed by atoms with Crippen LogP contribution >= 0.6 is 0 Å². The van der Waals surface area contributed by atoms with Crippen LogP contribution in [-0.2, 0) is 28.6 Å². The van der Waals surface area contributed by atoms with E-state index in [1.54, 1.807) is 0 Å². The number of hydrogen-bond donors (Lipinski definition) is 0. The molecule has 0 amide bonds. The fourth-order valence-corrected chi connectivity index (χ4v) is 8.22. The van der Waals surface area contributed by atoms with E-state index >= 15 is 0 Å². The lowest BCUT2D eigenvalue weighted by Gasteiger charge is -2.18. The van der Waals surface area contributed by atoms with Gasteiger partial charge < -0.3 is 14.2 Å². The van der Waals surface area contributed by atoms with Gasteiger partial charge in [0, 0.05) is 19.3 Å². The number of carbonyl (C=O) groups is 3. The topological polar surface area (TPSA) is 78.9 Å². The Hall–Kier alpha value is -1.59. The number of unbranched alkanes of at least 4 members (excludes halogenated alkanes) is 36. The molecule has 0 aliphatic rings. The molecule has 0 aliphatic carbocycles. The fourth-order valence-electron chi connectivity index (χ4n) is 8.22. The summed E-state index contributed by atoms with van der Waals surface area (Å²) in [4.78, 5) is 37.9. The van der Waals surface area contributed by atoms with Gasteiger partial charge in [-0.05, 0) is 25.2 Å². The van der Waals surface area contributed by atoms with E-state index in [2.05, 4.69) is 27.7 Å². The molecule has 0 aliphatic heterocycles. The molecule has 0 bridgehead atoms. The van der Waals surface area contributed by atoms with Crippen LogP contribution in [0.3, 0.4) is 0 Å². The van der Waals surface area contributed by atoms with Gasteiger partial charge in [0.1, 0.15) is 13.2 Å². The van der Waals surface area contributed by atoms with E-state index in [-0.39, 0.29) is 31.1 Å². The molecule has 0 saturated carbocycles. The standard InChI is InChI=1S/C54H104O6/c1-5-7-9-11-13-15-16-17-18-19-24-27-31-35-39-43-47-54(57)60-51(48-58-52(55)45-41-37-33-28-14-12-10-8-6-2)49-59-53(56)46-42-38-34-30-26-23-21-20-22-25-29-32-36-40-44-50(3)4/h50-51H,5-49H2,1-4H3/t51-/m0/s1. The van der Waals surface area contributed by atoms with E-state index in [1.165, 1.54) is 199 Å². The molecule has 0 unspecified atom stereocenters. The third-order valence-corrected chi connectivity index (χ3v) is 12.3. The van der Waals surface area contributed by atoms with Gasteiger partial charge in [0.2, 0.25) is 0 Å². The largest absolute Gasteiger partial charge is 0.462 e. The summed E-state index contributed by atoms with van der Waals surface area (Å²) in [5.74, 6) is 0.00114. The summed E-state index contributed by atoms with van der Waals surface area (Å²) in [6.07, 6.45) is 50.9. The van der Waals surface area contributed by atoms with Gasteiger partial charge in [-0.2, -0.15) is 0 Å². The zero-order valence-electron chi connectivity index (χ0n) is 40.9. The van der Waals surface area contributed by atoms with Crippen molar-refractivity contribution in [2.24, 2.45) is 5.92 Å². The van der Waals surface area contributed by atoms with Gasteiger partial charge in [0.05, 0.1) is 0 Å². The first kappa shape index (κ1) is 58.4. The molecule has 0 rings (SSSR count). The molecule has 0 N–H and O–H groups in total. The van der Waals surface area contributed by atoms with Gasteiger partial charge in [0.15, 0.2) is 6.10 Å².